The highest BCUT2D eigenvalue weighted by molar-refractivity contribution is 7.05. The largest absolute Gasteiger partial charge is 0.219 e. The molecule has 0 radical (unpaired) electrons. The standard InChI is InChI=1S/C19H28N2S/c1-7-19(5,6)13-15(18(2,3)4)17-20-16(21-22-17)14-11-9-8-10-12-14/h8-12,15H,7,13H2,1-6H3. The highest BCUT2D eigenvalue weighted by Gasteiger charge is 2.34. The summed E-state index contributed by atoms with van der Waals surface area (Å²) in [5, 5.41) is 1.17. The Balaban J connectivity index is 2.32. The van der Waals surface area contributed by atoms with Crippen LogP contribution in [0.1, 0.15) is 65.3 Å². The zero-order chi connectivity index (χ0) is 16.4. The predicted molar refractivity (Wildman–Crippen MR) is 96.2 cm³/mol. The Hall–Kier alpha value is -1.22. The second-order valence-electron chi connectivity index (χ2n) is 7.96. The molecular weight excluding hydrogens is 288 g/mol. The lowest BCUT2D eigenvalue weighted by Crippen LogP contribution is -2.25. The van der Waals surface area contributed by atoms with E-state index < -0.39 is 0 Å². The summed E-state index contributed by atoms with van der Waals surface area (Å²) in [6, 6.07) is 10.3. The van der Waals surface area contributed by atoms with Gasteiger partial charge in [-0.25, -0.2) is 4.98 Å². The Bertz CT molecular complexity index is 593. The molecule has 120 valence electrons. The van der Waals surface area contributed by atoms with Crippen LogP contribution in [0.4, 0.5) is 0 Å². The average Bonchev–Trinajstić information content (AvgIpc) is 2.94. The van der Waals surface area contributed by atoms with E-state index in [1.165, 1.54) is 11.4 Å². The molecule has 0 fully saturated rings. The third-order valence-corrected chi connectivity index (χ3v) is 5.36. The molecule has 1 unspecified atom stereocenters. The Kier molecular flexibility index (Phi) is 5.06. The molecule has 0 spiro atoms. The maximum atomic E-state index is 4.87. The molecule has 0 aliphatic heterocycles. The lowest BCUT2D eigenvalue weighted by atomic mass is 9.71. The van der Waals surface area contributed by atoms with Gasteiger partial charge in [0.05, 0.1) is 0 Å². The maximum Gasteiger partial charge on any atom is 0.173 e. The van der Waals surface area contributed by atoms with Crippen LogP contribution in [-0.2, 0) is 0 Å². The van der Waals surface area contributed by atoms with Crippen LogP contribution in [0.25, 0.3) is 11.4 Å². The average molecular weight is 317 g/mol. The van der Waals surface area contributed by atoms with Crippen LogP contribution < -0.4 is 0 Å². The second kappa shape index (κ2) is 6.49. The van der Waals surface area contributed by atoms with Crippen LogP contribution >= 0.6 is 11.5 Å². The molecule has 2 nitrogen and oxygen atoms in total. The van der Waals surface area contributed by atoms with E-state index in [0.29, 0.717) is 11.3 Å². The summed E-state index contributed by atoms with van der Waals surface area (Å²) in [5.41, 5.74) is 1.63. The minimum atomic E-state index is 0.194. The first-order valence-electron chi connectivity index (χ1n) is 8.12. The van der Waals surface area contributed by atoms with E-state index in [0.717, 1.165) is 17.8 Å². The van der Waals surface area contributed by atoms with Crippen LogP contribution in [0.15, 0.2) is 30.3 Å². The Morgan fingerprint density at radius 1 is 1.05 bits per heavy atom. The van der Waals surface area contributed by atoms with E-state index in [1.54, 1.807) is 11.5 Å². The van der Waals surface area contributed by atoms with E-state index in [-0.39, 0.29) is 5.41 Å². The van der Waals surface area contributed by atoms with E-state index in [1.807, 2.05) is 18.2 Å². The van der Waals surface area contributed by atoms with Gasteiger partial charge in [-0.2, -0.15) is 4.37 Å². The number of benzene rings is 1. The van der Waals surface area contributed by atoms with Crippen molar-refractivity contribution in [2.45, 2.75) is 60.3 Å². The molecule has 22 heavy (non-hydrogen) atoms. The molecule has 0 N–H and O–H groups in total. The van der Waals surface area contributed by atoms with E-state index in [2.05, 4.69) is 58.0 Å². The first kappa shape index (κ1) is 17.1. The lowest BCUT2D eigenvalue weighted by molar-refractivity contribution is 0.209. The number of aromatic nitrogens is 2. The van der Waals surface area contributed by atoms with Crippen molar-refractivity contribution in [3.05, 3.63) is 35.3 Å². The molecule has 1 heterocycles. The van der Waals surface area contributed by atoms with Crippen molar-refractivity contribution in [1.82, 2.24) is 9.36 Å². The molecule has 2 aromatic rings. The monoisotopic (exact) mass is 316 g/mol. The number of hydrogen-bond acceptors (Lipinski definition) is 3. The number of nitrogens with zero attached hydrogens (tertiary/aromatic N) is 2. The fourth-order valence-electron chi connectivity index (χ4n) is 2.54. The van der Waals surface area contributed by atoms with Gasteiger partial charge in [0.1, 0.15) is 5.01 Å². The van der Waals surface area contributed by atoms with Gasteiger partial charge in [0.2, 0.25) is 0 Å². The van der Waals surface area contributed by atoms with E-state index in [9.17, 15) is 0 Å². The number of hydrogen-bond donors (Lipinski definition) is 0. The van der Waals surface area contributed by atoms with Crippen molar-refractivity contribution in [3.8, 4) is 11.4 Å². The summed E-state index contributed by atoms with van der Waals surface area (Å²) >= 11 is 1.57. The van der Waals surface area contributed by atoms with E-state index >= 15 is 0 Å². The molecule has 1 aromatic heterocycles. The molecule has 0 amide bonds. The molecule has 0 aliphatic carbocycles. The summed E-state index contributed by atoms with van der Waals surface area (Å²) < 4.78 is 4.61. The van der Waals surface area contributed by atoms with Gasteiger partial charge >= 0.3 is 0 Å². The van der Waals surface area contributed by atoms with Gasteiger partial charge in [-0.3, -0.25) is 0 Å². The maximum absolute atomic E-state index is 4.87. The summed E-state index contributed by atoms with van der Waals surface area (Å²) in [7, 11) is 0. The highest BCUT2D eigenvalue weighted by Crippen LogP contribution is 2.45. The Labute approximate surface area is 139 Å². The van der Waals surface area contributed by atoms with Crippen molar-refractivity contribution in [3.63, 3.8) is 0 Å². The third kappa shape index (κ3) is 4.16. The quantitative estimate of drug-likeness (QED) is 0.660. The van der Waals surface area contributed by atoms with Gasteiger partial charge in [0.25, 0.3) is 0 Å². The second-order valence-corrected chi connectivity index (χ2v) is 8.75. The smallest absolute Gasteiger partial charge is 0.173 e. The fourth-order valence-corrected chi connectivity index (χ4v) is 3.56. The first-order chi connectivity index (χ1) is 10.2. The highest BCUT2D eigenvalue weighted by atomic mass is 32.1. The van der Waals surface area contributed by atoms with Crippen molar-refractivity contribution in [1.29, 1.82) is 0 Å². The number of rotatable bonds is 5. The van der Waals surface area contributed by atoms with Crippen molar-refractivity contribution in [2.24, 2.45) is 10.8 Å². The normalized spacial score (nSPS) is 14.1. The summed E-state index contributed by atoms with van der Waals surface area (Å²) in [6.45, 7) is 13.9. The molecule has 1 aromatic carbocycles. The minimum absolute atomic E-state index is 0.194. The van der Waals surface area contributed by atoms with Gasteiger partial charge < -0.3 is 0 Å². The van der Waals surface area contributed by atoms with Crippen LogP contribution in [0.5, 0.6) is 0 Å². The van der Waals surface area contributed by atoms with Crippen molar-refractivity contribution >= 4 is 11.5 Å². The minimum Gasteiger partial charge on any atom is -0.219 e. The van der Waals surface area contributed by atoms with Gasteiger partial charge in [-0.15, -0.1) is 0 Å². The molecule has 1 atom stereocenters. The first-order valence-corrected chi connectivity index (χ1v) is 8.89. The summed E-state index contributed by atoms with van der Waals surface area (Å²) in [6.07, 6.45) is 2.33. The molecule has 0 aliphatic rings. The van der Waals surface area contributed by atoms with Crippen LogP contribution in [0, 0.1) is 10.8 Å². The van der Waals surface area contributed by atoms with Gasteiger partial charge in [0, 0.05) is 11.5 Å². The van der Waals surface area contributed by atoms with Crippen LogP contribution in [-0.4, -0.2) is 9.36 Å². The topological polar surface area (TPSA) is 25.8 Å². The predicted octanol–water partition coefficient (Wildman–Crippen LogP) is 6.16. The molecule has 0 bridgehead atoms. The molecular formula is C19H28N2S. The zero-order valence-electron chi connectivity index (χ0n) is 14.7. The SMILES string of the molecule is CCC(C)(C)CC(c1nc(-c2ccccc2)ns1)C(C)(C)C. The Morgan fingerprint density at radius 2 is 1.68 bits per heavy atom. The van der Waals surface area contributed by atoms with Crippen molar-refractivity contribution < 1.29 is 0 Å². The van der Waals surface area contributed by atoms with Gasteiger partial charge in [-0.1, -0.05) is 78.3 Å². The zero-order valence-corrected chi connectivity index (χ0v) is 15.5. The fraction of sp³-hybridized carbons (Fsp3) is 0.579. The molecule has 0 saturated heterocycles. The lowest BCUT2D eigenvalue weighted by Gasteiger charge is -2.35. The molecule has 0 saturated carbocycles. The van der Waals surface area contributed by atoms with Crippen LogP contribution in [0.3, 0.4) is 0 Å². The summed E-state index contributed by atoms with van der Waals surface area (Å²) in [5.74, 6) is 1.31. The summed E-state index contributed by atoms with van der Waals surface area (Å²) in [4.78, 5) is 4.87. The van der Waals surface area contributed by atoms with Gasteiger partial charge in [-0.05, 0) is 28.8 Å². The molecule has 3 heteroatoms. The molecule has 2 rings (SSSR count). The van der Waals surface area contributed by atoms with Crippen molar-refractivity contribution in [2.75, 3.05) is 0 Å². The van der Waals surface area contributed by atoms with Crippen LogP contribution in [0.2, 0.25) is 0 Å². The third-order valence-electron chi connectivity index (χ3n) is 4.53. The van der Waals surface area contributed by atoms with Gasteiger partial charge in [0.15, 0.2) is 5.82 Å². The Morgan fingerprint density at radius 3 is 2.23 bits per heavy atom. The van der Waals surface area contributed by atoms with E-state index in [4.69, 9.17) is 4.98 Å².